The van der Waals surface area contributed by atoms with E-state index >= 15 is 0 Å². The Hall–Kier alpha value is -0.0900. The van der Waals surface area contributed by atoms with Gasteiger partial charge in [0.15, 0.2) is 0 Å². The van der Waals surface area contributed by atoms with E-state index in [-0.39, 0.29) is 0 Å². The summed E-state index contributed by atoms with van der Waals surface area (Å²) in [6.45, 7) is 2.00. The lowest BCUT2D eigenvalue weighted by Crippen LogP contribution is -1.84. The molecule has 0 aliphatic heterocycles. The van der Waals surface area contributed by atoms with Crippen molar-refractivity contribution in [2.45, 2.75) is 12.2 Å². The van der Waals surface area contributed by atoms with Crippen molar-refractivity contribution in [3.05, 3.63) is 0 Å². The standard InChI is InChI=1S/C5H8S/c1-4-5(2)6-3/h1,5H,2-3H3. The highest BCUT2D eigenvalue weighted by atomic mass is 32.2. The summed E-state index contributed by atoms with van der Waals surface area (Å²) in [5.41, 5.74) is 0. The average Bonchev–Trinajstić information content (AvgIpc) is 1.65. The van der Waals surface area contributed by atoms with Gasteiger partial charge >= 0.3 is 0 Å². The molecule has 0 aliphatic rings. The fourth-order valence-corrected chi connectivity index (χ4v) is 0.204. The fraction of sp³-hybridized carbons (Fsp3) is 0.600. The van der Waals surface area contributed by atoms with Crippen molar-refractivity contribution in [2.24, 2.45) is 0 Å². The van der Waals surface area contributed by atoms with Crippen LogP contribution < -0.4 is 0 Å². The third kappa shape index (κ3) is 2.17. The predicted octanol–water partition coefficient (Wildman–Crippen LogP) is 1.37. The van der Waals surface area contributed by atoms with E-state index < -0.39 is 0 Å². The van der Waals surface area contributed by atoms with Crippen LogP contribution in [0.5, 0.6) is 0 Å². The largest absolute Gasteiger partial charge is 0.149 e. The van der Waals surface area contributed by atoms with Gasteiger partial charge in [0.25, 0.3) is 0 Å². The summed E-state index contributed by atoms with van der Waals surface area (Å²) in [7, 11) is 0. The van der Waals surface area contributed by atoms with Crippen molar-refractivity contribution < 1.29 is 0 Å². The van der Waals surface area contributed by atoms with Gasteiger partial charge in [0.1, 0.15) is 0 Å². The van der Waals surface area contributed by atoms with E-state index in [1.54, 1.807) is 11.8 Å². The van der Waals surface area contributed by atoms with Gasteiger partial charge in [-0.25, -0.2) is 0 Å². The molecular weight excluding hydrogens is 92.1 g/mol. The molecule has 1 atom stereocenters. The second-order valence-electron chi connectivity index (χ2n) is 1.04. The Kier molecular flexibility index (Phi) is 3.07. The molecule has 0 saturated heterocycles. The first-order valence-electron chi connectivity index (χ1n) is 1.80. The lowest BCUT2D eigenvalue weighted by Gasteiger charge is -1.90. The highest BCUT2D eigenvalue weighted by Gasteiger charge is 1.85. The quantitative estimate of drug-likeness (QED) is 0.448. The third-order valence-corrected chi connectivity index (χ3v) is 1.43. The van der Waals surface area contributed by atoms with Gasteiger partial charge in [-0.2, -0.15) is 0 Å². The summed E-state index contributed by atoms with van der Waals surface area (Å²) in [5.74, 6) is 2.58. The van der Waals surface area contributed by atoms with Crippen LogP contribution in [0.1, 0.15) is 6.92 Å². The molecule has 1 heteroatoms. The Morgan fingerprint density at radius 2 is 2.33 bits per heavy atom. The van der Waals surface area contributed by atoms with Crippen LogP contribution in [0.4, 0.5) is 0 Å². The van der Waals surface area contributed by atoms with Crippen molar-refractivity contribution in [1.82, 2.24) is 0 Å². The summed E-state index contributed by atoms with van der Waals surface area (Å²) in [4.78, 5) is 0. The fourth-order valence-electron chi connectivity index (χ4n) is 0.0680. The van der Waals surface area contributed by atoms with Crippen LogP contribution in [0.25, 0.3) is 0 Å². The molecule has 1 unspecified atom stereocenters. The summed E-state index contributed by atoms with van der Waals surface area (Å²) in [6.07, 6.45) is 7.02. The zero-order valence-electron chi connectivity index (χ0n) is 4.06. The molecule has 0 radical (unpaired) electrons. The van der Waals surface area contributed by atoms with Gasteiger partial charge in [0.05, 0.1) is 5.25 Å². The van der Waals surface area contributed by atoms with Crippen molar-refractivity contribution in [3.63, 3.8) is 0 Å². The topological polar surface area (TPSA) is 0 Å². The van der Waals surface area contributed by atoms with Crippen LogP contribution in [0.15, 0.2) is 0 Å². The zero-order chi connectivity index (χ0) is 4.99. The van der Waals surface area contributed by atoms with E-state index in [1.165, 1.54) is 0 Å². The van der Waals surface area contributed by atoms with Crippen LogP contribution in [0.3, 0.4) is 0 Å². The molecule has 34 valence electrons. The zero-order valence-corrected chi connectivity index (χ0v) is 4.88. The van der Waals surface area contributed by atoms with Crippen LogP contribution in [-0.4, -0.2) is 11.5 Å². The predicted molar refractivity (Wildman–Crippen MR) is 31.8 cm³/mol. The molecular formula is C5H8S. The minimum Gasteiger partial charge on any atom is -0.149 e. The molecule has 0 fully saturated rings. The van der Waals surface area contributed by atoms with E-state index in [1.807, 2.05) is 13.2 Å². The number of hydrogen-bond acceptors (Lipinski definition) is 1. The van der Waals surface area contributed by atoms with Gasteiger partial charge in [-0.3, -0.25) is 0 Å². The molecule has 0 aromatic rings. The number of hydrogen-bond donors (Lipinski definition) is 0. The average molecular weight is 100 g/mol. The van der Waals surface area contributed by atoms with E-state index in [2.05, 4.69) is 5.92 Å². The summed E-state index contributed by atoms with van der Waals surface area (Å²) in [5, 5.41) is 0.380. The molecule has 0 amide bonds. The summed E-state index contributed by atoms with van der Waals surface area (Å²) in [6, 6.07) is 0. The normalized spacial score (nSPS) is 12.8. The number of thioether (sulfide) groups is 1. The smallest absolute Gasteiger partial charge is 0.0623 e. The second-order valence-corrected chi connectivity index (χ2v) is 2.22. The molecule has 0 bridgehead atoms. The number of terminal acetylenes is 1. The molecule has 0 aromatic heterocycles. The summed E-state index contributed by atoms with van der Waals surface area (Å²) >= 11 is 1.69. The maximum absolute atomic E-state index is 5.01. The SMILES string of the molecule is C#CC(C)SC. The van der Waals surface area contributed by atoms with Crippen LogP contribution in [0.2, 0.25) is 0 Å². The molecule has 0 nitrogen and oxygen atoms in total. The van der Waals surface area contributed by atoms with Crippen molar-refractivity contribution in [3.8, 4) is 12.3 Å². The minimum absolute atomic E-state index is 0.380. The number of rotatable bonds is 1. The lowest BCUT2D eigenvalue weighted by atomic mass is 10.5. The molecule has 0 heterocycles. The Labute approximate surface area is 43.3 Å². The molecule has 0 aromatic carbocycles. The Balaban J connectivity index is 3.04. The molecule has 0 N–H and O–H groups in total. The van der Waals surface area contributed by atoms with Gasteiger partial charge in [0.2, 0.25) is 0 Å². The first-order chi connectivity index (χ1) is 2.81. The van der Waals surface area contributed by atoms with Gasteiger partial charge in [-0.05, 0) is 13.2 Å². The monoisotopic (exact) mass is 100 g/mol. The van der Waals surface area contributed by atoms with Gasteiger partial charge in [-0.15, -0.1) is 18.2 Å². The van der Waals surface area contributed by atoms with E-state index in [4.69, 9.17) is 6.42 Å². The maximum Gasteiger partial charge on any atom is 0.0623 e. The summed E-state index contributed by atoms with van der Waals surface area (Å²) < 4.78 is 0. The first kappa shape index (κ1) is 5.91. The molecule has 0 rings (SSSR count). The molecule has 0 spiro atoms. The van der Waals surface area contributed by atoms with Crippen molar-refractivity contribution >= 4 is 11.8 Å². The van der Waals surface area contributed by atoms with E-state index in [0.717, 1.165) is 0 Å². The Morgan fingerprint density at radius 1 is 1.83 bits per heavy atom. The van der Waals surface area contributed by atoms with Gasteiger partial charge < -0.3 is 0 Å². The molecule has 0 saturated carbocycles. The van der Waals surface area contributed by atoms with Crippen molar-refractivity contribution in [1.29, 1.82) is 0 Å². The second kappa shape index (κ2) is 3.11. The minimum atomic E-state index is 0.380. The van der Waals surface area contributed by atoms with Crippen LogP contribution >= 0.6 is 11.8 Å². The third-order valence-electron chi connectivity index (χ3n) is 0.588. The Morgan fingerprint density at radius 3 is 2.33 bits per heavy atom. The van der Waals surface area contributed by atoms with Gasteiger partial charge in [0, 0.05) is 0 Å². The van der Waals surface area contributed by atoms with E-state index in [0.29, 0.717) is 5.25 Å². The lowest BCUT2D eigenvalue weighted by molar-refractivity contribution is 1.31. The first-order valence-corrected chi connectivity index (χ1v) is 3.09. The van der Waals surface area contributed by atoms with Crippen molar-refractivity contribution in [2.75, 3.05) is 6.26 Å². The highest BCUT2D eigenvalue weighted by molar-refractivity contribution is 7.99. The molecule has 6 heavy (non-hydrogen) atoms. The van der Waals surface area contributed by atoms with E-state index in [9.17, 15) is 0 Å². The highest BCUT2D eigenvalue weighted by Crippen LogP contribution is 2.00. The Bertz CT molecular complexity index is 60.8. The van der Waals surface area contributed by atoms with Crippen LogP contribution in [-0.2, 0) is 0 Å². The van der Waals surface area contributed by atoms with Gasteiger partial charge in [-0.1, -0.05) is 5.92 Å². The van der Waals surface area contributed by atoms with Crippen LogP contribution in [0, 0.1) is 12.3 Å². The molecule has 0 aliphatic carbocycles. The maximum atomic E-state index is 5.01.